The topological polar surface area (TPSA) is 118 Å². The molecule has 1 aliphatic heterocycles. The fraction of sp³-hybridized carbons (Fsp3) is 0.364. The van der Waals surface area contributed by atoms with E-state index in [2.05, 4.69) is 15.3 Å². The zero-order valence-electron chi connectivity index (χ0n) is 17.4. The Morgan fingerprint density at radius 3 is 2.88 bits per heavy atom. The van der Waals surface area contributed by atoms with Crippen LogP contribution in [0.1, 0.15) is 29.2 Å². The van der Waals surface area contributed by atoms with Crippen molar-refractivity contribution in [3.05, 3.63) is 58.8 Å². The first-order valence-electron chi connectivity index (χ1n) is 10.5. The average Bonchev–Trinajstić information content (AvgIpc) is 3.35. The molecule has 0 radical (unpaired) electrons. The zero-order chi connectivity index (χ0) is 23.3. The van der Waals surface area contributed by atoms with Crippen molar-refractivity contribution in [3.8, 4) is 5.75 Å². The van der Waals surface area contributed by atoms with Crippen LogP contribution in [0, 0.1) is 5.82 Å². The summed E-state index contributed by atoms with van der Waals surface area (Å²) in [4.78, 5) is 8.15. The molecule has 0 unspecified atom stereocenters. The fourth-order valence-corrected chi connectivity index (χ4v) is 4.51. The van der Waals surface area contributed by atoms with Crippen LogP contribution in [-0.4, -0.2) is 50.1 Å². The van der Waals surface area contributed by atoms with E-state index in [1.807, 2.05) is 0 Å². The number of nitrogen functional groups attached to an aromatic ring is 1. The van der Waals surface area contributed by atoms with Gasteiger partial charge in [-0.25, -0.2) is 23.1 Å². The van der Waals surface area contributed by atoms with Crippen molar-refractivity contribution >= 4 is 16.9 Å². The number of nitrogens with one attached hydrogen (secondary N) is 1. The molecule has 3 heterocycles. The Bertz CT molecular complexity index is 1250. The van der Waals surface area contributed by atoms with Crippen LogP contribution in [0.5, 0.6) is 5.75 Å². The number of aliphatic hydroxyl groups is 2. The summed E-state index contributed by atoms with van der Waals surface area (Å²) in [6.45, 7) is 0.604. The van der Waals surface area contributed by atoms with Gasteiger partial charge in [0, 0.05) is 18.3 Å². The molecule has 3 atom stereocenters. The van der Waals surface area contributed by atoms with Crippen molar-refractivity contribution in [2.24, 2.45) is 0 Å². The van der Waals surface area contributed by atoms with E-state index < -0.39 is 36.1 Å². The van der Waals surface area contributed by atoms with Gasteiger partial charge in [0.15, 0.2) is 0 Å². The Labute approximate surface area is 186 Å². The van der Waals surface area contributed by atoms with E-state index in [4.69, 9.17) is 10.5 Å². The lowest BCUT2D eigenvalue weighted by atomic mass is 9.96. The number of aliphatic hydroxyl groups excluding tert-OH is 2. The summed E-state index contributed by atoms with van der Waals surface area (Å²) in [5.74, 6) is -0.471. The van der Waals surface area contributed by atoms with Gasteiger partial charge in [0.2, 0.25) is 0 Å². The number of alkyl halides is 2. The van der Waals surface area contributed by atoms with Gasteiger partial charge in [-0.2, -0.15) is 0 Å². The minimum absolute atomic E-state index is 0.131. The molecule has 0 saturated carbocycles. The van der Waals surface area contributed by atoms with Gasteiger partial charge >= 0.3 is 0 Å². The van der Waals surface area contributed by atoms with E-state index in [-0.39, 0.29) is 30.9 Å². The second kappa shape index (κ2) is 8.32. The molecule has 0 amide bonds. The molecule has 1 aliphatic carbocycles. The molecule has 174 valence electrons. The lowest BCUT2D eigenvalue weighted by Crippen LogP contribution is -2.30. The number of fused-ring (bicyclic) bond motifs is 2. The highest BCUT2D eigenvalue weighted by Crippen LogP contribution is 2.37. The Morgan fingerprint density at radius 1 is 1.27 bits per heavy atom. The highest BCUT2D eigenvalue weighted by Gasteiger charge is 2.37. The van der Waals surface area contributed by atoms with Gasteiger partial charge in [0.25, 0.3) is 6.43 Å². The Kier molecular flexibility index (Phi) is 5.47. The van der Waals surface area contributed by atoms with E-state index in [0.717, 1.165) is 6.07 Å². The second-order valence-corrected chi connectivity index (χ2v) is 8.14. The fourth-order valence-electron chi connectivity index (χ4n) is 4.51. The standard InChI is InChI=1S/C22H22F3N5O3/c23-17-11-1-3-27-7-14(11)16(6-13(17)20(24)25)33-8-10-5-15(19(32)18(10)31)30-4-2-12-21(26)28-9-29-22(12)30/h2,4-6,9,15,18-20,27,31-32H,1,3,7-8H2,(H2,26,28,29)/t15-,18-,19+/m1/s1. The van der Waals surface area contributed by atoms with Crippen LogP contribution in [0.2, 0.25) is 0 Å². The maximum atomic E-state index is 14.5. The highest BCUT2D eigenvalue weighted by atomic mass is 19.3. The third-order valence-electron chi connectivity index (χ3n) is 6.25. The summed E-state index contributed by atoms with van der Waals surface area (Å²) in [5, 5.41) is 25.0. The molecule has 1 aromatic carbocycles. The number of rotatable bonds is 5. The highest BCUT2D eigenvalue weighted by molar-refractivity contribution is 5.86. The number of hydrogen-bond donors (Lipinski definition) is 4. The zero-order valence-corrected chi connectivity index (χ0v) is 17.4. The maximum absolute atomic E-state index is 14.5. The molecule has 3 aromatic rings. The molecule has 5 N–H and O–H groups in total. The number of benzene rings is 1. The summed E-state index contributed by atoms with van der Waals surface area (Å²) < 4.78 is 48.8. The van der Waals surface area contributed by atoms with Gasteiger partial charge < -0.3 is 30.6 Å². The van der Waals surface area contributed by atoms with Crippen molar-refractivity contribution in [3.63, 3.8) is 0 Å². The third kappa shape index (κ3) is 3.62. The smallest absolute Gasteiger partial charge is 0.266 e. The largest absolute Gasteiger partial charge is 0.489 e. The third-order valence-corrected chi connectivity index (χ3v) is 6.25. The monoisotopic (exact) mass is 461 g/mol. The molecule has 11 heteroatoms. The molecule has 2 aliphatic rings. The number of nitrogens with two attached hydrogens (primary N) is 1. The molecule has 2 aromatic heterocycles. The number of anilines is 1. The summed E-state index contributed by atoms with van der Waals surface area (Å²) in [7, 11) is 0. The van der Waals surface area contributed by atoms with Crippen molar-refractivity contribution in [2.45, 2.75) is 37.6 Å². The molecule has 8 nitrogen and oxygen atoms in total. The summed E-state index contributed by atoms with van der Waals surface area (Å²) in [6.07, 6.45) is -0.483. The van der Waals surface area contributed by atoms with Gasteiger partial charge in [0.1, 0.15) is 48.2 Å². The van der Waals surface area contributed by atoms with E-state index in [1.165, 1.54) is 6.33 Å². The second-order valence-electron chi connectivity index (χ2n) is 8.14. The number of hydrogen-bond acceptors (Lipinski definition) is 7. The number of aromatic nitrogens is 3. The van der Waals surface area contributed by atoms with Crippen LogP contribution in [0.3, 0.4) is 0 Å². The normalized spacial score (nSPS) is 22.6. The summed E-state index contributed by atoms with van der Waals surface area (Å²) in [5.41, 5.74) is 6.74. The molecular formula is C22H22F3N5O3. The van der Waals surface area contributed by atoms with E-state index in [9.17, 15) is 23.4 Å². The van der Waals surface area contributed by atoms with Gasteiger partial charge in [0.05, 0.1) is 17.0 Å². The number of ether oxygens (including phenoxy) is 1. The van der Waals surface area contributed by atoms with Crippen molar-refractivity contribution in [1.29, 1.82) is 0 Å². The van der Waals surface area contributed by atoms with Gasteiger partial charge in [-0.3, -0.25) is 0 Å². The van der Waals surface area contributed by atoms with Crippen LogP contribution in [0.4, 0.5) is 19.0 Å². The molecule has 0 fully saturated rings. The predicted octanol–water partition coefficient (Wildman–Crippen LogP) is 2.02. The van der Waals surface area contributed by atoms with Crippen LogP contribution < -0.4 is 15.8 Å². The van der Waals surface area contributed by atoms with Gasteiger partial charge in [-0.15, -0.1) is 0 Å². The number of halogens is 3. The summed E-state index contributed by atoms with van der Waals surface area (Å²) in [6, 6.07) is 2.09. The minimum Gasteiger partial charge on any atom is -0.489 e. The van der Waals surface area contributed by atoms with Crippen LogP contribution in [0.25, 0.3) is 11.0 Å². The van der Waals surface area contributed by atoms with Crippen LogP contribution in [-0.2, 0) is 13.0 Å². The van der Waals surface area contributed by atoms with Crippen molar-refractivity contribution < 1.29 is 28.1 Å². The maximum Gasteiger partial charge on any atom is 0.266 e. The van der Waals surface area contributed by atoms with Crippen molar-refractivity contribution in [2.75, 3.05) is 18.9 Å². The van der Waals surface area contributed by atoms with E-state index >= 15 is 0 Å². The first-order valence-corrected chi connectivity index (χ1v) is 10.5. The van der Waals surface area contributed by atoms with E-state index in [0.29, 0.717) is 34.5 Å². The van der Waals surface area contributed by atoms with Gasteiger partial charge in [-0.05, 0) is 36.2 Å². The predicted molar refractivity (Wildman–Crippen MR) is 113 cm³/mol. The molecule has 5 rings (SSSR count). The molecule has 0 spiro atoms. The first-order chi connectivity index (χ1) is 15.9. The Hall–Kier alpha value is -3.15. The number of nitrogens with zero attached hydrogens (tertiary/aromatic N) is 3. The summed E-state index contributed by atoms with van der Waals surface area (Å²) >= 11 is 0. The molecule has 0 bridgehead atoms. The molecule has 0 saturated heterocycles. The molecular weight excluding hydrogens is 439 g/mol. The average molecular weight is 461 g/mol. The lowest BCUT2D eigenvalue weighted by molar-refractivity contribution is 0.0295. The van der Waals surface area contributed by atoms with E-state index in [1.54, 1.807) is 22.9 Å². The van der Waals surface area contributed by atoms with Crippen LogP contribution >= 0.6 is 0 Å². The van der Waals surface area contributed by atoms with Gasteiger partial charge in [-0.1, -0.05) is 6.08 Å². The van der Waals surface area contributed by atoms with Crippen molar-refractivity contribution in [1.82, 2.24) is 19.9 Å². The lowest BCUT2D eigenvalue weighted by Gasteiger charge is -2.23. The minimum atomic E-state index is -2.98. The molecule has 33 heavy (non-hydrogen) atoms. The SMILES string of the molecule is Nc1ncnc2c1ccn2[C@@H]1C=C(COc2cc(C(F)F)c(F)c3c2CNCC3)[C@@H](O)[C@H]1O. The Balaban J connectivity index is 1.44. The first kappa shape index (κ1) is 21.7. The Morgan fingerprint density at radius 2 is 2.09 bits per heavy atom. The van der Waals surface area contributed by atoms with Crippen LogP contribution in [0.15, 0.2) is 36.3 Å². The quantitative estimate of drug-likeness (QED) is 0.430.